The van der Waals surface area contributed by atoms with Gasteiger partial charge in [-0.2, -0.15) is 0 Å². The molecule has 0 aliphatic carbocycles. The van der Waals surface area contributed by atoms with E-state index in [1.54, 1.807) is 0 Å². The number of aryl methyl sites for hydroxylation is 2. The molecule has 0 unspecified atom stereocenters. The molecule has 2 rings (SSSR count). The van der Waals surface area contributed by atoms with Gasteiger partial charge in [-0.25, -0.2) is 0 Å². The number of H-pyrrole nitrogens is 1. The van der Waals surface area contributed by atoms with Crippen LogP contribution in [0.2, 0.25) is 5.02 Å². The smallest absolute Gasteiger partial charge is 0.0503 e. The molecular weight excluding hydrogens is 232 g/mol. The van der Waals surface area contributed by atoms with E-state index in [9.17, 15) is 0 Å². The Labute approximate surface area is 107 Å². The van der Waals surface area contributed by atoms with E-state index in [0.717, 1.165) is 16.1 Å². The predicted octanol–water partition coefficient (Wildman–Crippen LogP) is 3.67. The number of hydrogen-bond acceptors (Lipinski definition) is 1. The number of halogens is 1. The van der Waals surface area contributed by atoms with E-state index in [4.69, 9.17) is 17.3 Å². The molecule has 0 amide bonds. The summed E-state index contributed by atoms with van der Waals surface area (Å²) in [6.07, 6.45) is 0. The Balaban J connectivity index is 2.82. The van der Waals surface area contributed by atoms with Crippen LogP contribution in [0, 0.1) is 13.8 Å². The van der Waals surface area contributed by atoms with Gasteiger partial charge in [0.05, 0.1) is 5.52 Å². The zero-order valence-electron chi connectivity index (χ0n) is 10.8. The molecule has 0 aliphatic heterocycles. The topological polar surface area (TPSA) is 41.8 Å². The van der Waals surface area contributed by atoms with Crippen molar-refractivity contribution in [3.8, 4) is 0 Å². The second-order valence-electron chi connectivity index (χ2n) is 5.31. The highest BCUT2D eigenvalue weighted by Gasteiger charge is 2.25. The average molecular weight is 251 g/mol. The maximum Gasteiger partial charge on any atom is 0.0503 e. The van der Waals surface area contributed by atoms with E-state index in [1.807, 2.05) is 13.0 Å². The van der Waals surface area contributed by atoms with Gasteiger partial charge in [-0.05, 0) is 31.0 Å². The van der Waals surface area contributed by atoms with E-state index in [0.29, 0.717) is 6.54 Å². The maximum absolute atomic E-state index is 6.15. The van der Waals surface area contributed by atoms with E-state index >= 15 is 0 Å². The number of hydrogen-bond donors (Lipinski definition) is 2. The maximum atomic E-state index is 6.15. The van der Waals surface area contributed by atoms with E-state index in [1.165, 1.54) is 16.6 Å². The Hall–Kier alpha value is -0.990. The molecule has 0 spiro atoms. The molecule has 2 aromatic rings. The van der Waals surface area contributed by atoms with Crippen LogP contribution < -0.4 is 5.73 Å². The molecule has 1 aromatic heterocycles. The highest BCUT2D eigenvalue weighted by molar-refractivity contribution is 6.32. The third-order valence-electron chi connectivity index (χ3n) is 3.54. The van der Waals surface area contributed by atoms with Crippen molar-refractivity contribution < 1.29 is 0 Å². The lowest BCUT2D eigenvalue weighted by molar-refractivity contribution is 0.540. The van der Waals surface area contributed by atoms with Crippen molar-refractivity contribution in [2.75, 3.05) is 6.54 Å². The summed E-state index contributed by atoms with van der Waals surface area (Å²) in [5.41, 5.74) is 10.6. The molecule has 1 aromatic carbocycles. The highest BCUT2D eigenvalue weighted by Crippen LogP contribution is 2.35. The van der Waals surface area contributed by atoms with E-state index in [2.05, 4.69) is 31.8 Å². The van der Waals surface area contributed by atoms with E-state index < -0.39 is 0 Å². The third-order valence-corrected chi connectivity index (χ3v) is 3.95. The fourth-order valence-electron chi connectivity index (χ4n) is 2.48. The van der Waals surface area contributed by atoms with Crippen LogP contribution in [0.25, 0.3) is 10.9 Å². The van der Waals surface area contributed by atoms with Crippen molar-refractivity contribution in [3.05, 3.63) is 34.0 Å². The van der Waals surface area contributed by atoms with Gasteiger partial charge in [-0.3, -0.25) is 0 Å². The van der Waals surface area contributed by atoms with Crippen LogP contribution in [0.5, 0.6) is 0 Å². The zero-order valence-corrected chi connectivity index (χ0v) is 11.6. The Morgan fingerprint density at radius 3 is 2.53 bits per heavy atom. The minimum absolute atomic E-state index is 0.0252. The Morgan fingerprint density at radius 2 is 1.94 bits per heavy atom. The average Bonchev–Trinajstić information content (AvgIpc) is 2.62. The molecule has 0 radical (unpaired) electrons. The summed E-state index contributed by atoms with van der Waals surface area (Å²) in [6.45, 7) is 9.11. The highest BCUT2D eigenvalue weighted by atomic mass is 35.5. The van der Waals surface area contributed by atoms with Crippen molar-refractivity contribution in [1.29, 1.82) is 0 Å². The minimum Gasteiger partial charge on any atom is -0.358 e. The van der Waals surface area contributed by atoms with Crippen molar-refractivity contribution >= 4 is 22.5 Å². The van der Waals surface area contributed by atoms with Crippen molar-refractivity contribution in [2.24, 2.45) is 5.73 Å². The number of fused-ring (bicyclic) bond motifs is 1. The molecule has 0 fully saturated rings. The van der Waals surface area contributed by atoms with E-state index in [-0.39, 0.29) is 5.41 Å². The molecular formula is C14H19ClN2. The SMILES string of the molecule is Cc1[nH]c2c(C)c(Cl)ccc2c1C(C)(C)CN. The first-order valence-electron chi connectivity index (χ1n) is 5.86. The summed E-state index contributed by atoms with van der Waals surface area (Å²) in [5, 5.41) is 2.04. The first kappa shape index (κ1) is 12.5. The van der Waals surface area contributed by atoms with Crippen LogP contribution in [0.1, 0.15) is 30.7 Å². The zero-order chi connectivity index (χ0) is 12.8. The van der Waals surface area contributed by atoms with Gasteiger partial charge in [0, 0.05) is 28.1 Å². The molecule has 0 saturated heterocycles. The monoisotopic (exact) mass is 250 g/mol. The number of aromatic nitrogens is 1. The lowest BCUT2D eigenvalue weighted by atomic mass is 9.83. The minimum atomic E-state index is -0.0252. The molecule has 1 heterocycles. The van der Waals surface area contributed by atoms with Gasteiger partial charge in [0.1, 0.15) is 0 Å². The van der Waals surface area contributed by atoms with Crippen LogP contribution in [0.15, 0.2) is 12.1 Å². The fraction of sp³-hybridized carbons (Fsp3) is 0.429. The molecule has 0 atom stereocenters. The molecule has 17 heavy (non-hydrogen) atoms. The van der Waals surface area contributed by atoms with Crippen LogP contribution in [0.3, 0.4) is 0 Å². The summed E-state index contributed by atoms with van der Waals surface area (Å²) < 4.78 is 0. The Bertz CT molecular complexity index is 567. The number of nitrogens with one attached hydrogen (secondary N) is 1. The quantitative estimate of drug-likeness (QED) is 0.839. The van der Waals surface area contributed by atoms with Gasteiger partial charge in [0.15, 0.2) is 0 Å². The number of nitrogens with two attached hydrogens (primary N) is 1. The second-order valence-corrected chi connectivity index (χ2v) is 5.72. The third kappa shape index (κ3) is 1.85. The van der Waals surface area contributed by atoms with Gasteiger partial charge in [0.25, 0.3) is 0 Å². The lowest BCUT2D eigenvalue weighted by Crippen LogP contribution is -2.28. The summed E-state index contributed by atoms with van der Waals surface area (Å²) in [5.74, 6) is 0. The van der Waals surface area contributed by atoms with Crippen LogP contribution in [0.4, 0.5) is 0 Å². The number of rotatable bonds is 2. The summed E-state index contributed by atoms with van der Waals surface area (Å²) >= 11 is 6.15. The normalized spacial score (nSPS) is 12.4. The predicted molar refractivity (Wildman–Crippen MR) is 74.9 cm³/mol. The van der Waals surface area contributed by atoms with Gasteiger partial charge in [-0.1, -0.05) is 31.5 Å². The summed E-state index contributed by atoms with van der Waals surface area (Å²) in [7, 11) is 0. The molecule has 3 heteroatoms. The van der Waals surface area contributed by atoms with Crippen molar-refractivity contribution in [2.45, 2.75) is 33.1 Å². The fourth-order valence-corrected chi connectivity index (χ4v) is 2.64. The van der Waals surface area contributed by atoms with Crippen molar-refractivity contribution in [1.82, 2.24) is 4.98 Å². The van der Waals surface area contributed by atoms with Crippen LogP contribution >= 0.6 is 11.6 Å². The number of benzene rings is 1. The second kappa shape index (κ2) is 4.04. The van der Waals surface area contributed by atoms with Gasteiger partial charge in [-0.15, -0.1) is 0 Å². The molecule has 3 N–H and O–H groups in total. The van der Waals surface area contributed by atoms with Crippen molar-refractivity contribution in [3.63, 3.8) is 0 Å². The Morgan fingerprint density at radius 1 is 1.29 bits per heavy atom. The van der Waals surface area contributed by atoms with Crippen LogP contribution in [-0.4, -0.2) is 11.5 Å². The Kier molecular flexibility index (Phi) is 2.96. The van der Waals surface area contributed by atoms with Gasteiger partial charge < -0.3 is 10.7 Å². The molecule has 0 bridgehead atoms. The van der Waals surface area contributed by atoms with Crippen LogP contribution in [-0.2, 0) is 5.41 Å². The summed E-state index contributed by atoms with van der Waals surface area (Å²) in [6, 6.07) is 4.05. The number of aromatic amines is 1. The molecule has 2 nitrogen and oxygen atoms in total. The van der Waals surface area contributed by atoms with Gasteiger partial charge in [0.2, 0.25) is 0 Å². The molecule has 0 aliphatic rings. The first-order chi connectivity index (χ1) is 7.88. The first-order valence-corrected chi connectivity index (χ1v) is 6.24. The standard InChI is InChI=1S/C14H19ClN2/c1-8-11(15)6-5-10-12(14(3,4)7-16)9(2)17-13(8)10/h5-6,17H,7,16H2,1-4H3. The molecule has 92 valence electrons. The molecule has 0 saturated carbocycles. The summed E-state index contributed by atoms with van der Waals surface area (Å²) in [4.78, 5) is 3.44. The largest absolute Gasteiger partial charge is 0.358 e. The lowest BCUT2D eigenvalue weighted by Gasteiger charge is -2.23. The van der Waals surface area contributed by atoms with Gasteiger partial charge >= 0.3 is 0 Å².